The Bertz CT molecular complexity index is 733. The van der Waals surface area contributed by atoms with E-state index in [0.717, 1.165) is 5.56 Å². The predicted molar refractivity (Wildman–Crippen MR) is 91.9 cm³/mol. The summed E-state index contributed by atoms with van der Waals surface area (Å²) in [6, 6.07) is 11.8. The monoisotopic (exact) mass is 342 g/mol. The van der Waals surface area contributed by atoms with Gasteiger partial charge in [0, 0.05) is 18.9 Å². The van der Waals surface area contributed by atoms with Crippen molar-refractivity contribution in [2.75, 3.05) is 13.1 Å². The number of halogens is 1. The lowest BCUT2D eigenvalue weighted by Gasteiger charge is -2.38. The van der Waals surface area contributed by atoms with Crippen molar-refractivity contribution in [1.29, 1.82) is 0 Å². The molecular formula is C19H19ClN2O2. The summed E-state index contributed by atoms with van der Waals surface area (Å²) in [4.78, 5) is 18.8. The van der Waals surface area contributed by atoms with Crippen LogP contribution < -0.4 is 0 Å². The van der Waals surface area contributed by atoms with E-state index in [1.807, 2.05) is 23.1 Å². The van der Waals surface area contributed by atoms with Crippen molar-refractivity contribution in [3.63, 3.8) is 0 Å². The molecule has 0 bridgehead atoms. The van der Waals surface area contributed by atoms with Gasteiger partial charge in [-0.2, -0.15) is 0 Å². The van der Waals surface area contributed by atoms with Crippen LogP contribution in [0.15, 0.2) is 48.8 Å². The number of rotatable bonds is 3. The Balaban J connectivity index is 1.60. The smallest absolute Gasteiger partial charge is 0.255 e. The molecule has 2 fully saturated rings. The first-order valence-electron chi connectivity index (χ1n) is 8.31. The number of carbonyl (C=O) groups excluding carboxylic acids is 1. The van der Waals surface area contributed by atoms with Gasteiger partial charge in [-0.3, -0.25) is 9.78 Å². The lowest BCUT2D eigenvalue weighted by molar-refractivity contribution is -0.0864. The highest BCUT2D eigenvalue weighted by molar-refractivity contribution is 6.33. The quantitative estimate of drug-likeness (QED) is 0.853. The van der Waals surface area contributed by atoms with E-state index in [1.165, 1.54) is 19.0 Å². The highest BCUT2D eigenvalue weighted by Crippen LogP contribution is 2.39. The van der Waals surface area contributed by atoms with Crippen LogP contribution in [-0.4, -0.2) is 35.0 Å². The molecule has 124 valence electrons. The number of aromatic nitrogens is 1. The van der Waals surface area contributed by atoms with Gasteiger partial charge >= 0.3 is 0 Å². The van der Waals surface area contributed by atoms with Crippen molar-refractivity contribution in [3.8, 4) is 0 Å². The van der Waals surface area contributed by atoms with Gasteiger partial charge in [-0.1, -0.05) is 41.9 Å². The number of nitrogens with zero attached hydrogens (tertiary/aromatic N) is 2. The maximum Gasteiger partial charge on any atom is 0.255 e. The maximum absolute atomic E-state index is 12.9. The summed E-state index contributed by atoms with van der Waals surface area (Å²) in [5.41, 5.74) is 1.62. The molecule has 5 heteroatoms. The lowest BCUT2D eigenvalue weighted by Crippen LogP contribution is -2.47. The molecule has 1 aromatic carbocycles. The largest absolute Gasteiger partial charge is 0.366 e. The standard InChI is InChI=1S/C19H19ClN2O2/c20-16-10-21-9-8-15(16)19(23)22-11-17(13-4-2-1-3-5-13)24-18(12-22)14-6-7-14/h1-5,8-10,14,17-18H,6-7,11-12H2/t17-,18+/m0/s1. The molecule has 1 amide bonds. The molecule has 4 rings (SSSR count). The summed E-state index contributed by atoms with van der Waals surface area (Å²) in [5.74, 6) is 0.525. The Morgan fingerprint density at radius 1 is 1.17 bits per heavy atom. The third kappa shape index (κ3) is 3.17. The minimum atomic E-state index is -0.0879. The van der Waals surface area contributed by atoms with Gasteiger partial charge in [-0.15, -0.1) is 0 Å². The van der Waals surface area contributed by atoms with E-state index in [0.29, 0.717) is 29.6 Å². The number of benzene rings is 1. The van der Waals surface area contributed by atoms with E-state index in [2.05, 4.69) is 17.1 Å². The van der Waals surface area contributed by atoms with Gasteiger partial charge in [0.15, 0.2) is 0 Å². The molecule has 2 atom stereocenters. The molecule has 2 aromatic rings. The average Bonchev–Trinajstić information content (AvgIpc) is 3.47. The number of ether oxygens (including phenoxy) is 1. The molecule has 0 radical (unpaired) electrons. The van der Waals surface area contributed by atoms with Crippen molar-refractivity contribution in [1.82, 2.24) is 9.88 Å². The molecule has 2 aliphatic rings. The van der Waals surface area contributed by atoms with Gasteiger partial charge < -0.3 is 9.64 Å². The Kier molecular flexibility index (Phi) is 4.25. The lowest BCUT2D eigenvalue weighted by atomic mass is 10.0. The molecule has 1 saturated carbocycles. The molecule has 2 heterocycles. The zero-order chi connectivity index (χ0) is 16.5. The number of pyridine rings is 1. The van der Waals surface area contributed by atoms with Crippen LogP contribution >= 0.6 is 11.6 Å². The second-order valence-electron chi connectivity index (χ2n) is 6.48. The first kappa shape index (κ1) is 15.6. The Morgan fingerprint density at radius 2 is 1.96 bits per heavy atom. The van der Waals surface area contributed by atoms with Crippen molar-refractivity contribution in [2.45, 2.75) is 25.0 Å². The van der Waals surface area contributed by atoms with Crippen LogP contribution in [0.1, 0.15) is 34.9 Å². The van der Waals surface area contributed by atoms with Crippen molar-refractivity contribution >= 4 is 17.5 Å². The number of amides is 1. The maximum atomic E-state index is 12.9. The minimum Gasteiger partial charge on any atom is -0.366 e. The number of carbonyl (C=O) groups is 1. The van der Waals surface area contributed by atoms with Gasteiger partial charge in [0.05, 0.1) is 23.2 Å². The normalized spacial score (nSPS) is 24.0. The molecule has 1 saturated heterocycles. The fraction of sp³-hybridized carbons (Fsp3) is 0.368. The number of hydrogen-bond donors (Lipinski definition) is 0. The van der Waals surface area contributed by atoms with E-state index in [-0.39, 0.29) is 18.1 Å². The highest BCUT2D eigenvalue weighted by atomic mass is 35.5. The average molecular weight is 343 g/mol. The van der Waals surface area contributed by atoms with Crippen LogP contribution in [0.25, 0.3) is 0 Å². The van der Waals surface area contributed by atoms with Gasteiger partial charge in [0.25, 0.3) is 5.91 Å². The first-order valence-corrected chi connectivity index (χ1v) is 8.69. The van der Waals surface area contributed by atoms with Crippen LogP contribution in [0.4, 0.5) is 0 Å². The molecule has 0 N–H and O–H groups in total. The summed E-state index contributed by atoms with van der Waals surface area (Å²) < 4.78 is 6.30. The Hall–Kier alpha value is -1.91. The molecule has 4 nitrogen and oxygen atoms in total. The molecule has 1 aliphatic heterocycles. The van der Waals surface area contributed by atoms with Crippen LogP contribution in [0, 0.1) is 5.92 Å². The molecule has 24 heavy (non-hydrogen) atoms. The molecule has 0 spiro atoms. The third-order valence-electron chi connectivity index (χ3n) is 4.73. The second kappa shape index (κ2) is 6.54. The van der Waals surface area contributed by atoms with E-state index in [4.69, 9.17) is 16.3 Å². The van der Waals surface area contributed by atoms with E-state index < -0.39 is 0 Å². The number of morpholine rings is 1. The van der Waals surface area contributed by atoms with E-state index >= 15 is 0 Å². The predicted octanol–water partition coefficient (Wildman–Crippen LogP) is 3.73. The van der Waals surface area contributed by atoms with Gasteiger partial charge in [0.1, 0.15) is 6.10 Å². The van der Waals surface area contributed by atoms with Crippen molar-refractivity contribution in [2.24, 2.45) is 5.92 Å². The zero-order valence-electron chi connectivity index (χ0n) is 13.3. The highest BCUT2D eigenvalue weighted by Gasteiger charge is 2.40. The second-order valence-corrected chi connectivity index (χ2v) is 6.88. The SMILES string of the molecule is O=C(c1ccncc1Cl)N1C[C@@H](c2ccccc2)O[C@@H](C2CC2)C1. The van der Waals surface area contributed by atoms with E-state index in [1.54, 1.807) is 12.3 Å². The van der Waals surface area contributed by atoms with Crippen LogP contribution in [-0.2, 0) is 4.74 Å². The summed E-state index contributed by atoms with van der Waals surface area (Å²) in [6.07, 6.45) is 5.51. The molecular weight excluding hydrogens is 324 g/mol. The summed E-state index contributed by atoms with van der Waals surface area (Å²) in [5, 5.41) is 0.397. The topological polar surface area (TPSA) is 42.4 Å². The van der Waals surface area contributed by atoms with E-state index in [9.17, 15) is 4.79 Å². The molecule has 0 unspecified atom stereocenters. The van der Waals surface area contributed by atoms with Crippen LogP contribution in [0.2, 0.25) is 5.02 Å². The zero-order valence-corrected chi connectivity index (χ0v) is 14.0. The third-order valence-corrected chi connectivity index (χ3v) is 5.04. The van der Waals surface area contributed by atoms with Crippen molar-refractivity contribution in [3.05, 3.63) is 64.9 Å². The fourth-order valence-electron chi connectivity index (χ4n) is 3.25. The van der Waals surface area contributed by atoms with Crippen LogP contribution in [0.3, 0.4) is 0 Å². The minimum absolute atomic E-state index is 0.0442. The Morgan fingerprint density at radius 3 is 2.67 bits per heavy atom. The number of hydrogen-bond acceptors (Lipinski definition) is 3. The van der Waals surface area contributed by atoms with Gasteiger partial charge in [-0.05, 0) is 30.4 Å². The molecule has 1 aromatic heterocycles. The van der Waals surface area contributed by atoms with Crippen molar-refractivity contribution < 1.29 is 9.53 Å². The summed E-state index contributed by atoms with van der Waals surface area (Å²) in [7, 11) is 0. The fourth-order valence-corrected chi connectivity index (χ4v) is 3.45. The first-order chi connectivity index (χ1) is 11.7. The van der Waals surface area contributed by atoms with Crippen LogP contribution in [0.5, 0.6) is 0 Å². The Labute approximate surface area is 146 Å². The summed E-state index contributed by atoms with van der Waals surface area (Å²) in [6.45, 7) is 1.18. The summed E-state index contributed by atoms with van der Waals surface area (Å²) >= 11 is 6.16. The van der Waals surface area contributed by atoms with Gasteiger partial charge in [0.2, 0.25) is 0 Å². The van der Waals surface area contributed by atoms with Gasteiger partial charge in [-0.25, -0.2) is 0 Å². The molecule has 1 aliphatic carbocycles.